The van der Waals surface area contributed by atoms with Crippen LogP contribution in [0.15, 0.2) is 42.5 Å². The number of imidazole rings is 1. The lowest BCUT2D eigenvalue weighted by molar-refractivity contribution is -0.116. The second-order valence-corrected chi connectivity index (χ2v) is 7.97. The zero-order valence-corrected chi connectivity index (χ0v) is 17.5. The van der Waals surface area contributed by atoms with Gasteiger partial charge < -0.3 is 20.1 Å². The molecule has 1 aromatic heterocycles. The summed E-state index contributed by atoms with van der Waals surface area (Å²) in [6, 6.07) is 13.2. The lowest BCUT2D eigenvalue weighted by atomic mass is 10.3. The van der Waals surface area contributed by atoms with Gasteiger partial charge in [-0.15, -0.1) is 0 Å². The third-order valence-corrected chi connectivity index (χ3v) is 5.78. The first-order valence-electron chi connectivity index (χ1n) is 9.76. The lowest BCUT2D eigenvalue weighted by Gasteiger charge is -2.21. The molecular weight excluding hydrogens is 409 g/mol. The highest BCUT2D eigenvalue weighted by Crippen LogP contribution is 2.29. The number of aromatic amines is 1. The number of hydrogen-bond donors (Lipinski definition) is 2. The lowest BCUT2D eigenvalue weighted by Crippen LogP contribution is -2.33. The first-order valence-corrected chi connectivity index (χ1v) is 10.5. The third kappa shape index (κ3) is 4.83. The number of para-hydroxylation sites is 3. The van der Waals surface area contributed by atoms with Crippen molar-refractivity contribution in [2.45, 2.75) is 12.8 Å². The number of H-pyrrole nitrogens is 1. The van der Waals surface area contributed by atoms with E-state index in [1.165, 1.54) is 0 Å². The molecule has 0 aliphatic carbocycles. The number of aromatic nitrogens is 2. The van der Waals surface area contributed by atoms with Crippen LogP contribution in [0.3, 0.4) is 0 Å². The van der Waals surface area contributed by atoms with Crippen LogP contribution in [0.25, 0.3) is 11.0 Å². The highest BCUT2D eigenvalue weighted by molar-refractivity contribution is 6.39. The van der Waals surface area contributed by atoms with Gasteiger partial charge in [0.05, 0.1) is 26.8 Å². The van der Waals surface area contributed by atoms with Crippen molar-refractivity contribution >= 4 is 51.8 Å². The van der Waals surface area contributed by atoms with Gasteiger partial charge in [-0.25, -0.2) is 4.98 Å². The average Bonchev–Trinajstić information content (AvgIpc) is 3.00. The van der Waals surface area contributed by atoms with E-state index in [1.807, 2.05) is 24.3 Å². The van der Waals surface area contributed by atoms with E-state index in [4.69, 9.17) is 28.2 Å². The third-order valence-electron chi connectivity index (χ3n) is 5.15. The Morgan fingerprint density at radius 2 is 1.83 bits per heavy atom. The van der Waals surface area contributed by atoms with E-state index in [1.54, 1.807) is 18.2 Å². The van der Waals surface area contributed by atoms with E-state index in [0.717, 1.165) is 49.6 Å². The van der Waals surface area contributed by atoms with Crippen molar-refractivity contribution in [1.29, 1.82) is 0 Å². The number of carbonyl (C=O) groups excluding carboxylic acids is 1. The smallest absolute Gasteiger partial charge is 0.225 e. The standard InChI is InChI=1S/C21H23Cl2N5O/c22-15-5-3-6-16(23)20(15)26-19(29)9-12-27-10-4-11-28(14-13-27)21-24-17-7-1-2-8-18(17)25-21/h1-3,5-8H,4,9-14H2,(H,24,25)(H,26,29). The van der Waals surface area contributed by atoms with E-state index in [9.17, 15) is 4.79 Å². The highest BCUT2D eigenvalue weighted by Gasteiger charge is 2.18. The van der Waals surface area contributed by atoms with Crippen LogP contribution in [0.5, 0.6) is 0 Å². The first-order chi connectivity index (χ1) is 14.1. The molecule has 2 heterocycles. The molecule has 4 rings (SSSR count). The number of amides is 1. The molecule has 2 aromatic carbocycles. The van der Waals surface area contributed by atoms with Crippen LogP contribution in [-0.4, -0.2) is 53.5 Å². The number of halogens is 2. The van der Waals surface area contributed by atoms with Gasteiger partial charge in [0.1, 0.15) is 0 Å². The predicted molar refractivity (Wildman–Crippen MR) is 119 cm³/mol. The number of rotatable bonds is 5. The molecule has 3 aromatic rings. The second-order valence-electron chi connectivity index (χ2n) is 7.15. The number of fused-ring (bicyclic) bond motifs is 1. The largest absolute Gasteiger partial charge is 0.341 e. The van der Waals surface area contributed by atoms with Crippen LogP contribution in [0, 0.1) is 0 Å². The molecule has 1 fully saturated rings. The minimum atomic E-state index is -0.0848. The van der Waals surface area contributed by atoms with Crippen molar-refractivity contribution in [3.05, 3.63) is 52.5 Å². The van der Waals surface area contributed by atoms with E-state index in [2.05, 4.69) is 20.1 Å². The molecule has 2 N–H and O–H groups in total. The Bertz CT molecular complexity index is 952. The second kappa shape index (κ2) is 9.03. The topological polar surface area (TPSA) is 64.3 Å². The Morgan fingerprint density at radius 3 is 2.62 bits per heavy atom. The monoisotopic (exact) mass is 431 g/mol. The molecule has 0 saturated carbocycles. The molecule has 0 radical (unpaired) electrons. The zero-order chi connectivity index (χ0) is 20.2. The Balaban J connectivity index is 1.30. The van der Waals surface area contributed by atoms with Crippen molar-refractivity contribution in [3.63, 3.8) is 0 Å². The number of nitrogens with zero attached hydrogens (tertiary/aromatic N) is 3. The Kier molecular flexibility index (Phi) is 6.23. The van der Waals surface area contributed by atoms with Crippen LogP contribution < -0.4 is 10.2 Å². The van der Waals surface area contributed by atoms with Crippen molar-refractivity contribution in [1.82, 2.24) is 14.9 Å². The summed E-state index contributed by atoms with van der Waals surface area (Å²) in [5.74, 6) is 0.831. The van der Waals surface area contributed by atoms with Crippen LogP contribution >= 0.6 is 23.2 Å². The van der Waals surface area contributed by atoms with Gasteiger partial charge in [-0.3, -0.25) is 4.79 Å². The highest BCUT2D eigenvalue weighted by atomic mass is 35.5. The average molecular weight is 432 g/mol. The van der Waals surface area contributed by atoms with Gasteiger partial charge in [-0.2, -0.15) is 0 Å². The maximum atomic E-state index is 12.4. The number of nitrogens with one attached hydrogen (secondary N) is 2. The molecule has 0 unspecified atom stereocenters. The van der Waals surface area contributed by atoms with E-state index < -0.39 is 0 Å². The fourth-order valence-corrected chi connectivity index (χ4v) is 4.07. The van der Waals surface area contributed by atoms with Crippen molar-refractivity contribution in [2.75, 3.05) is 42.9 Å². The molecule has 8 heteroatoms. The Hall–Kier alpha value is -2.28. The molecule has 29 heavy (non-hydrogen) atoms. The van der Waals surface area contributed by atoms with Crippen LogP contribution in [0.1, 0.15) is 12.8 Å². The summed E-state index contributed by atoms with van der Waals surface area (Å²) in [6.07, 6.45) is 1.42. The molecule has 0 atom stereocenters. The summed E-state index contributed by atoms with van der Waals surface area (Å²) in [5, 5.41) is 3.72. The Morgan fingerprint density at radius 1 is 1.03 bits per heavy atom. The summed E-state index contributed by atoms with van der Waals surface area (Å²) in [4.78, 5) is 25.1. The quantitative estimate of drug-likeness (QED) is 0.627. The molecule has 152 valence electrons. The fraction of sp³-hybridized carbons (Fsp3) is 0.333. The van der Waals surface area contributed by atoms with E-state index in [0.29, 0.717) is 28.7 Å². The van der Waals surface area contributed by atoms with Gasteiger partial charge in [0.25, 0.3) is 0 Å². The SMILES string of the molecule is O=C(CCN1CCCN(c2nc3ccccc3[nH]2)CC1)Nc1c(Cl)cccc1Cl. The Labute approximate surface area is 179 Å². The number of anilines is 2. The minimum absolute atomic E-state index is 0.0848. The van der Waals surface area contributed by atoms with Crippen molar-refractivity contribution < 1.29 is 4.79 Å². The van der Waals surface area contributed by atoms with Crippen molar-refractivity contribution in [3.8, 4) is 0 Å². The van der Waals surface area contributed by atoms with E-state index in [-0.39, 0.29) is 5.91 Å². The molecule has 1 saturated heterocycles. The molecule has 1 amide bonds. The number of benzene rings is 2. The van der Waals surface area contributed by atoms with Gasteiger partial charge in [0, 0.05) is 32.6 Å². The maximum Gasteiger partial charge on any atom is 0.225 e. The molecule has 0 bridgehead atoms. The fourth-order valence-electron chi connectivity index (χ4n) is 3.57. The van der Waals surface area contributed by atoms with Gasteiger partial charge in [0.2, 0.25) is 11.9 Å². The van der Waals surface area contributed by atoms with Gasteiger partial charge in [0.15, 0.2) is 0 Å². The summed E-state index contributed by atoms with van der Waals surface area (Å²) >= 11 is 12.2. The zero-order valence-electron chi connectivity index (χ0n) is 16.0. The molecular formula is C21H23Cl2N5O. The summed E-state index contributed by atoms with van der Waals surface area (Å²) in [6.45, 7) is 4.35. The number of hydrogen-bond acceptors (Lipinski definition) is 4. The minimum Gasteiger partial charge on any atom is -0.341 e. The van der Waals surface area contributed by atoms with Gasteiger partial charge in [-0.05, 0) is 37.2 Å². The summed E-state index contributed by atoms with van der Waals surface area (Å²) in [7, 11) is 0. The number of carbonyl (C=O) groups is 1. The van der Waals surface area contributed by atoms with Gasteiger partial charge in [-0.1, -0.05) is 41.4 Å². The first kappa shape index (κ1) is 20.0. The normalized spacial score (nSPS) is 15.4. The van der Waals surface area contributed by atoms with Crippen LogP contribution in [0.4, 0.5) is 11.6 Å². The molecule has 1 aliphatic rings. The maximum absolute atomic E-state index is 12.4. The van der Waals surface area contributed by atoms with E-state index >= 15 is 0 Å². The summed E-state index contributed by atoms with van der Waals surface area (Å²) in [5.41, 5.74) is 2.52. The summed E-state index contributed by atoms with van der Waals surface area (Å²) < 4.78 is 0. The van der Waals surface area contributed by atoms with Gasteiger partial charge >= 0.3 is 0 Å². The predicted octanol–water partition coefficient (Wildman–Crippen LogP) is 4.41. The molecule has 1 aliphatic heterocycles. The molecule has 0 spiro atoms. The van der Waals surface area contributed by atoms with Crippen LogP contribution in [0.2, 0.25) is 10.0 Å². The molecule has 6 nitrogen and oxygen atoms in total. The van der Waals surface area contributed by atoms with Crippen LogP contribution in [-0.2, 0) is 4.79 Å². The van der Waals surface area contributed by atoms with Crippen molar-refractivity contribution in [2.24, 2.45) is 0 Å².